The predicted molar refractivity (Wildman–Crippen MR) is 116 cm³/mol. The predicted octanol–water partition coefficient (Wildman–Crippen LogP) is 2.89. The lowest BCUT2D eigenvalue weighted by molar-refractivity contribution is 0.0646. The van der Waals surface area contributed by atoms with Crippen LogP contribution in [0.1, 0.15) is 31.4 Å². The topological polar surface area (TPSA) is 48.9 Å². The van der Waals surface area contributed by atoms with E-state index in [-0.39, 0.29) is 30.1 Å². The first-order valence-corrected chi connectivity index (χ1v) is 8.98. The maximum atomic E-state index is 5.89. The molecule has 0 aliphatic carbocycles. The summed E-state index contributed by atoms with van der Waals surface area (Å²) in [5, 5.41) is 6.79. The molecule has 1 saturated heterocycles. The van der Waals surface area contributed by atoms with Crippen LogP contribution in [-0.4, -0.2) is 57.7 Å². The summed E-state index contributed by atoms with van der Waals surface area (Å²) < 4.78 is 5.89. The summed E-state index contributed by atoms with van der Waals surface area (Å²) in [5.41, 5.74) is 1.23. The van der Waals surface area contributed by atoms with Gasteiger partial charge in [0.1, 0.15) is 0 Å². The maximum Gasteiger partial charge on any atom is 0.190 e. The third-order valence-corrected chi connectivity index (χ3v) is 4.52. The highest BCUT2D eigenvalue weighted by atomic mass is 127. The fourth-order valence-electron chi connectivity index (χ4n) is 3.01. The Hall–Kier alpha value is -0.860. The maximum absolute atomic E-state index is 5.89. The van der Waals surface area contributed by atoms with Gasteiger partial charge in [-0.2, -0.15) is 0 Å². The van der Waals surface area contributed by atoms with Gasteiger partial charge >= 0.3 is 0 Å². The van der Waals surface area contributed by atoms with Crippen molar-refractivity contribution in [2.75, 3.05) is 46.9 Å². The Balaban J connectivity index is 0.00000312. The molecule has 2 rings (SSSR count). The summed E-state index contributed by atoms with van der Waals surface area (Å²) in [7, 11) is 4.01. The molecule has 0 amide bonds. The molecule has 1 aliphatic heterocycles. The van der Waals surface area contributed by atoms with Crippen molar-refractivity contribution in [1.82, 2.24) is 15.5 Å². The average Bonchev–Trinajstić information content (AvgIpc) is 3.03. The van der Waals surface area contributed by atoms with E-state index < -0.39 is 0 Å². The number of likely N-dealkylation sites (tertiary alicyclic amines) is 1. The van der Waals surface area contributed by atoms with Gasteiger partial charge in [0.25, 0.3) is 0 Å². The van der Waals surface area contributed by atoms with E-state index >= 15 is 0 Å². The summed E-state index contributed by atoms with van der Waals surface area (Å²) in [4.78, 5) is 6.67. The number of hydrogen-bond acceptors (Lipinski definition) is 3. The van der Waals surface area contributed by atoms with Crippen LogP contribution < -0.4 is 10.6 Å². The van der Waals surface area contributed by atoms with Crippen LogP contribution in [0.3, 0.4) is 0 Å². The lowest BCUT2D eigenvalue weighted by Crippen LogP contribution is -2.40. The Bertz CT molecular complexity index is 497. The van der Waals surface area contributed by atoms with Crippen molar-refractivity contribution in [1.29, 1.82) is 0 Å². The molecule has 142 valence electrons. The highest BCUT2D eigenvalue weighted by molar-refractivity contribution is 14.0. The molecule has 5 nitrogen and oxygen atoms in total. The van der Waals surface area contributed by atoms with Crippen molar-refractivity contribution in [3.63, 3.8) is 0 Å². The van der Waals surface area contributed by atoms with Gasteiger partial charge in [-0.15, -0.1) is 24.0 Å². The van der Waals surface area contributed by atoms with E-state index in [0.717, 1.165) is 38.0 Å². The minimum absolute atomic E-state index is 0. The molecule has 1 heterocycles. The second-order valence-electron chi connectivity index (χ2n) is 6.57. The second-order valence-corrected chi connectivity index (χ2v) is 6.57. The van der Waals surface area contributed by atoms with Gasteiger partial charge in [-0.3, -0.25) is 4.99 Å². The zero-order valence-electron chi connectivity index (χ0n) is 15.7. The number of guanidine groups is 1. The van der Waals surface area contributed by atoms with Gasteiger partial charge < -0.3 is 20.3 Å². The van der Waals surface area contributed by atoms with E-state index in [0.29, 0.717) is 0 Å². The highest BCUT2D eigenvalue weighted by Crippen LogP contribution is 2.15. The van der Waals surface area contributed by atoms with Gasteiger partial charge in [-0.05, 0) is 44.8 Å². The summed E-state index contributed by atoms with van der Waals surface area (Å²) in [6, 6.07) is 10.3. The minimum atomic E-state index is 0. The molecule has 2 atom stereocenters. The number of nitrogens with zero attached hydrogens (tertiary/aromatic N) is 2. The molecule has 1 fully saturated rings. The first-order chi connectivity index (χ1) is 11.7. The summed E-state index contributed by atoms with van der Waals surface area (Å²) in [5.74, 6) is 1.62. The van der Waals surface area contributed by atoms with Crippen LogP contribution in [-0.2, 0) is 4.74 Å². The van der Waals surface area contributed by atoms with E-state index in [4.69, 9.17) is 4.74 Å². The first kappa shape index (κ1) is 22.2. The standard InChI is InChI=1S/C19H32N4O.HI/c1-16(18-8-5-4-6-9-18)24-13-7-11-21-19(20-2)22-14-17-10-12-23(3)15-17;/h4-6,8-9,16-17H,7,10-15H2,1-3H3,(H2,20,21,22);1H. The number of halogens is 1. The van der Waals surface area contributed by atoms with Gasteiger partial charge in [-0.1, -0.05) is 30.3 Å². The first-order valence-electron chi connectivity index (χ1n) is 8.98. The third kappa shape index (κ3) is 8.37. The Morgan fingerprint density at radius 3 is 2.72 bits per heavy atom. The zero-order valence-corrected chi connectivity index (χ0v) is 18.0. The molecular formula is C19H33IN4O. The number of nitrogens with one attached hydrogen (secondary N) is 2. The summed E-state index contributed by atoms with van der Waals surface area (Å²) in [6.45, 7) is 7.08. The fourth-order valence-corrected chi connectivity index (χ4v) is 3.01. The monoisotopic (exact) mass is 460 g/mol. The normalized spacial score (nSPS) is 19.3. The van der Waals surface area contributed by atoms with Gasteiger partial charge in [0, 0.05) is 33.3 Å². The van der Waals surface area contributed by atoms with Crippen LogP contribution in [0.4, 0.5) is 0 Å². The van der Waals surface area contributed by atoms with Crippen LogP contribution in [0.2, 0.25) is 0 Å². The van der Waals surface area contributed by atoms with Crippen LogP contribution >= 0.6 is 24.0 Å². The number of rotatable bonds is 8. The quantitative estimate of drug-likeness (QED) is 0.271. The number of ether oxygens (including phenoxy) is 1. The van der Waals surface area contributed by atoms with E-state index in [1.54, 1.807) is 0 Å². The molecule has 0 radical (unpaired) electrons. The third-order valence-electron chi connectivity index (χ3n) is 4.52. The van der Waals surface area contributed by atoms with Gasteiger partial charge in [-0.25, -0.2) is 0 Å². The van der Waals surface area contributed by atoms with Crippen LogP contribution in [0, 0.1) is 5.92 Å². The Kier molecular flexibility index (Phi) is 11.1. The van der Waals surface area contributed by atoms with Crippen LogP contribution in [0.25, 0.3) is 0 Å². The molecule has 1 aromatic carbocycles. The van der Waals surface area contributed by atoms with Crippen LogP contribution in [0.5, 0.6) is 0 Å². The molecule has 1 aromatic rings. The van der Waals surface area contributed by atoms with Crippen molar-refractivity contribution >= 4 is 29.9 Å². The van der Waals surface area contributed by atoms with E-state index in [1.807, 2.05) is 13.1 Å². The molecular weight excluding hydrogens is 427 g/mol. The second kappa shape index (κ2) is 12.5. The molecule has 2 unspecified atom stereocenters. The van der Waals surface area contributed by atoms with Crippen molar-refractivity contribution in [3.05, 3.63) is 35.9 Å². The van der Waals surface area contributed by atoms with Crippen LogP contribution in [0.15, 0.2) is 35.3 Å². The molecule has 0 spiro atoms. The number of aliphatic imine (C=N–C) groups is 1. The molecule has 0 saturated carbocycles. The van der Waals surface area contributed by atoms with Crippen molar-refractivity contribution in [3.8, 4) is 0 Å². The molecule has 25 heavy (non-hydrogen) atoms. The smallest absolute Gasteiger partial charge is 0.190 e. The van der Waals surface area contributed by atoms with Gasteiger partial charge in [0.2, 0.25) is 0 Å². The van der Waals surface area contributed by atoms with Gasteiger partial charge in [0.05, 0.1) is 6.10 Å². The van der Waals surface area contributed by atoms with Crippen molar-refractivity contribution in [2.24, 2.45) is 10.9 Å². The molecule has 1 aliphatic rings. The summed E-state index contributed by atoms with van der Waals surface area (Å²) >= 11 is 0. The molecule has 6 heteroatoms. The summed E-state index contributed by atoms with van der Waals surface area (Å²) in [6.07, 6.45) is 2.37. The van der Waals surface area contributed by atoms with Crippen molar-refractivity contribution in [2.45, 2.75) is 25.9 Å². The lowest BCUT2D eigenvalue weighted by atomic mass is 10.1. The lowest BCUT2D eigenvalue weighted by Gasteiger charge is -2.16. The largest absolute Gasteiger partial charge is 0.374 e. The molecule has 0 aromatic heterocycles. The molecule has 2 N–H and O–H groups in total. The Morgan fingerprint density at radius 2 is 2.08 bits per heavy atom. The Morgan fingerprint density at radius 1 is 1.32 bits per heavy atom. The number of benzene rings is 1. The van der Waals surface area contributed by atoms with E-state index in [9.17, 15) is 0 Å². The Labute approximate surface area is 169 Å². The minimum Gasteiger partial charge on any atom is -0.374 e. The van der Waals surface area contributed by atoms with E-state index in [2.05, 4.69) is 58.8 Å². The zero-order chi connectivity index (χ0) is 17.2. The molecule has 0 bridgehead atoms. The number of hydrogen-bond donors (Lipinski definition) is 2. The van der Waals surface area contributed by atoms with Crippen molar-refractivity contribution < 1.29 is 4.74 Å². The highest BCUT2D eigenvalue weighted by Gasteiger charge is 2.19. The van der Waals surface area contributed by atoms with E-state index in [1.165, 1.54) is 25.1 Å². The SMILES string of the molecule is CN=C(NCCCOC(C)c1ccccc1)NCC1CCN(C)C1.I. The fraction of sp³-hybridized carbons (Fsp3) is 0.632. The van der Waals surface area contributed by atoms with Gasteiger partial charge in [0.15, 0.2) is 5.96 Å². The average molecular weight is 460 g/mol.